The molecule has 146 valence electrons. The lowest BCUT2D eigenvalue weighted by atomic mass is 9.99. The highest BCUT2D eigenvalue weighted by Crippen LogP contribution is 2.25. The van der Waals surface area contributed by atoms with Crippen LogP contribution in [-0.4, -0.2) is 48.8 Å². The average molecular weight is 377 g/mol. The number of urea groups is 1. The van der Waals surface area contributed by atoms with Crippen LogP contribution in [-0.2, 0) is 0 Å². The quantitative estimate of drug-likeness (QED) is 0.854. The molecule has 0 bridgehead atoms. The Labute approximate surface area is 166 Å². The number of carbonyl (C=O) groups excluding carboxylic acids is 1. The van der Waals surface area contributed by atoms with Gasteiger partial charge in [0.1, 0.15) is 5.75 Å². The number of anilines is 1. The Bertz CT molecular complexity index is 833. The van der Waals surface area contributed by atoms with Crippen LogP contribution in [0.3, 0.4) is 0 Å². The molecule has 0 radical (unpaired) electrons. The molecular formula is C23H27N3O2. The zero-order valence-electron chi connectivity index (χ0n) is 16.1. The minimum Gasteiger partial charge on any atom is -0.508 e. The Hall–Kier alpha value is -2.95. The Morgan fingerprint density at radius 1 is 1.07 bits per heavy atom. The summed E-state index contributed by atoms with van der Waals surface area (Å²) < 4.78 is 0. The third-order valence-electron chi connectivity index (χ3n) is 5.68. The standard InChI is InChI=1S/C23H27N3O2/c27-22-8-6-19(7-9-22)20-11-14-25(15-12-20)23(28)24-16-18-10-13-26(17-18)21-4-2-1-3-5-21/h1-9,11,18,27H,10,12-17H2,(H,24,28)/t18-/m1/s1. The number of phenols is 1. The number of nitrogens with zero attached hydrogens (tertiary/aromatic N) is 2. The van der Waals surface area contributed by atoms with E-state index >= 15 is 0 Å². The van der Waals surface area contributed by atoms with Crippen LogP contribution in [0.15, 0.2) is 60.7 Å². The number of amides is 2. The molecular weight excluding hydrogens is 350 g/mol. The highest BCUT2D eigenvalue weighted by molar-refractivity contribution is 5.76. The molecule has 4 rings (SSSR count). The summed E-state index contributed by atoms with van der Waals surface area (Å²) in [4.78, 5) is 16.8. The molecule has 1 saturated heterocycles. The zero-order chi connectivity index (χ0) is 19.3. The second kappa shape index (κ2) is 8.38. The third-order valence-corrected chi connectivity index (χ3v) is 5.68. The predicted octanol–water partition coefficient (Wildman–Crippen LogP) is 3.72. The number of nitrogens with one attached hydrogen (secondary N) is 1. The SMILES string of the molecule is O=C(NC[C@H]1CCN(c2ccccc2)C1)N1CC=C(c2ccc(O)cc2)CC1. The first-order chi connectivity index (χ1) is 13.7. The number of phenolic OH excluding ortho intramolecular Hbond substituents is 1. The lowest BCUT2D eigenvalue weighted by molar-refractivity contribution is 0.201. The summed E-state index contributed by atoms with van der Waals surface area (Å²) in [5, 5.41) is 12.5. The summed E-state index contributed by atoms with van der Waals surface area (Å²) in [7, 11) is 0. The van der Waals surface area contributed by atoms with Crippen molar-refractivity contribution in [1.29, 1.82) is 0 Å². The summed E-state index contributed by atoms with van der Waals surface area (Å²) in [6, 6.07) is 17.8. The van der Waals surface area contributed by atoms with Gasteiger partial charge in [-0.05, 0) is 54.2 Å². The molecule has 2 amide bonds. The molecule has 5 nitrogen and oxygen atoms in total. The maximum Gasteiger partial charge on any atom is 0.317 e. The monoisotopic (exact) mass is 377 g/mol. The molecule has 0 spiro atoms. The van der Waals surface area contributed by atoms with E-state index in [1.165, 1.54) is 11.3 Å². The van der Waals surface area contributed by atoms with E-state index in [4.69, 9.17) is 0 Å². The van der Waals surface area contributed by atoms with Gasteiger partial charge in [0.05, 0.1) is 0 Å². The van der Waals surface area contributed by atoms with Crippen LogP contribution < -0.4 is 10.2 Å². The van der Waals surface area contributed by atoms with Crippen molar-refractivity contribution in [2.45, 2.75) is 12.8 Å². The molecule has 1 atom stereocenters. The van der Waals surface area contributed by atoms with Crippen LogP contribution in [0.25, 0.3) is 5.57 Å². The van der Waals surface area contributed by atoms with E-state index in [1.807, 2.05) is 23.1 Å². The Balaban J connectivity index is 1.24. The van der Waals surface area contributed by atoms with Crippen molar-refractivity contribution in [3.63, 3.8) is 0 Å². The van der Waals surface area contributed by atoms with Crippen LogP contribution in [0, 0.1) is 5.92 Å². The number of carbonyl (C=O) groups is 1. The van der Waals surface area contributed by atoms with E-state index in [2.05, 4.69) is 40.6 Å². The molecule has 2 aliphatic rings. The van der Waals surface area contributed by atoms with E-state index < -0.39 is 0 Å². The largest absolute Gasteiger partial charge is 0.508 e. The van der Waals surface area contributed by atoms with E-state index in [0.717, 1.165) is 44.6 Å². The van der Waals surface area contributed by atoms with Gasteiger partial charge in [-0.1, -0.05) is 36.4 Å². The first kappa shape index (κ1) is 18.4. The van der Waals surface area contributed by atoms with Crippen LogP contribution in [0.2, 0.25) is 0 Å². The first-order valence-electron chi connectivity index (χ1n) is 10.0. The number of hydrogen-bond acceptors (Lipinski definition) is 3. The van der Waals surface area contributed by atoms with Gasteiger partial charge in [0.15, 0.2) is 0 Å². The van der Waals surface area contributed by atoms with E-state index in [-0.39, 0.29) is 11.8 Å². The molecule has 1 fully saturated rings. The average Bonchev–Trinajstić information content (AvgIpc) is 3.22. The van der Waals surface area contributed by atoms with Crippen molar-refractivity contribution < 1.29 is 9.90 Å². The van der Waals surface area contributed by atoms with Crippen LogP contribution >= 0.6 is 0 Å². The predicted molar refractivity (Wildman–Crippen MR) is 112 cm³/mol. The summed E-state index contributed by atoms with van der Waals surface area (Å²) in [5.74, 6) is 0.774. The van der Waals surface area contributed by atoms with Crippen LogP contribution in [0.4, 0.5) is 10.5 Å². The van der Waals surface area contributed by atoms with Gasteiger partial charge in [0.25, 0.3) is 0 Å². The maximum absolute atomic E-state index is 12.5. The van der Waals surface area contributed by atoms with Gasteiger partial charge in [-0.3, -0.25) is 0 Å². The highest BCUT2D eigenvalue weighted by atomic mass is 16.3. The molecule has 2 aromatic carbocycles. The molecule has 0 aliphatic carbocycles. The summed E-state index contributed by atoms with van der Waals surface area (Å²) >= 11 is 0. The molecule has 2 aromatic rings. The van der Waals surface area contributed by atoms with Crippen LogP contribution in [0.5, 0.6) is 5.75 Å². The smallest absolute Gasteiger partial charge is 0.317 e. The van der Waals surface area contributed by atoms with E-state index in [0.29, 0.717) is 12.5 Å². The van der Waals surface area contributed by atoms with Gasteiger partial charge >= 0.3 is 6.03 Å². The molecule has 0 saturated carbocycles. The van der Waals surface area contributed by atoms with E-state index in [1.54, 1.807) is 12.1 Å². The molecule has 28 heavy (non-hydrogen) atoms. The topological polar surface area (TPSA) is 55.8 Å². The minimum atomic E-state index is 0.0270. The molecule has 0 unspecified atom stereocenters. The number of rotatable bonds is 4. The fourth-order valence-electron chi connectivity index (χ4n) is 4.01. The van der Waals surface area contributed by atoms with E-state index in [9.17, 15) is 9.90 Å². The summed E-state index contributed by atoms with van der Waals surface area (Å²) in [6.45, 7) is 4.12. The Morgan fingerprint density at radius 3 is 2.57 bits per heavy atom. The zero-order valence-corrected chi connectivity index (χ0v) is 16.1. The van der Waals surface area contributed by atoms with Crippen molar-refractivity contribution in [1.82, 2.24) is 10.2 Å². The molecule has 2 heterocycles. The number of benzene rings is 2. The highest BCUT2D eigenvalue weighted by Gasteiger charge is 2.24. The maximum atomic E-state index is 12.5. The second-order valence-corrected chi connectivity index (χ2v) is 7.59. The van der Waals surface area contributed by atoms with Gasteiger partial charge in [-0.2, -0.15) is 0 Å². The summed E-state index contributed by atoms with van der Waals surface area (Å²) in [5.41, 5.74) is 3.61. The number of aromatic hydroxyl groups is 1. The van der Waals surface area contributed by atoms with Crippen LogP contribution in [0.1, 0.15) is 18.4 Å². The van der Waals surface area contributed by atoms with Crippen molar-refractivity contribution in [3.8, 4) is 5.75 Å². The third kappa shape index (κ3) is 4.30. The van der Waals surface area contributed by atoms with Gasteiger partial charge in [0.2, 0.25) is 0 Å². The van der Waals surface area contributed by atoms with Gasteiger partial charge in [-0.15, -0.1) is 0 Å². The lowest BCUT2D eigenvalue weighted by Crippen LogP contribution is -2.44. The summed E-state index contributed by atoms with van der Waals surface area (Å²) in [6.07, 6.45) is 4.06. The van der Waals surface area contributed by atoms with Crippen molar-refractivity contribution >= 4 is 17.3 Å². The van der Waals surface area contributed by atoms with Gasteiger partial charge < -0.3 is 20.2 Å². The molecule has 2 aliphatic heterocycles. The van der Waals surface area contributed by atoms with Gasteiger partial charge in [-0.25, -0.2) is 4.79 Å². The van der Waals surface area contributed by atoms with Crippen molar-refractivity contribution in [2.75, 3.05) is 37.6 Å². The normalized spacial score (nSPS) is 19.4. The van der Waals surface area contributed by atoms with Crippen molar-refractivity contribution in [3.05, 3.63) is 66.2 Å². The Kier molecular flexibility index (Phi) is 5.51. The number of hydrogen-bond donors (Lipinski definition) is 2. The molecule has 0 aromatic heterocycles. The molecule has 2 N–H and O–H groups in total. The fraction of sp³-hybridized carbons (Fsp3) is 0.348. The fourth-order valence-corrected chi connectivity index (χ4v) is 4.01. The van der Waals surface area contributed by atoms with Crippen molar-refractivity contribution in [2.24, 2.45) is 5.92 Å². The minimum absolute atomic E-state index is 0.0270. The lowest BCUT2D eigenvalue weighted by Gasteiger charge is -2.27. The first-order valence-corrected chi connectivity index (χ1v) is 10.0. The second-order valence-electron chi connectivity index (χ2n) is 7.59. The molecule has 5 heteroatoms. The van der Waals surface area contributed by atoms with Gasteiger partial charge in [0, 0.05) is 38.4 Å². The Morgan fingerprint density at radius 2 is 1.86 bits per heavy atom. The number of para-hydroxylation sites is 1.